The van der Waals surface area contributed by atoms with Gasteiger partial charge in [-0.15, -0.1) is 11.3 Å². The third-order valence-corrected chi connectivity index (χ3v) is 6.61. The molecule has 6 rings (SSSR count). The Balaban J connectivity index is 1.45. The molecule has 0 fully saturated rings. The van der Waals surface area contributed by atoms with Crippen LogP contribution in [0.1, 0.15) is 5.56 Å². The van der Waals surface area contributed by atoms with Crippen LogP contribution in [0.4, 0.5) is 0 Å². The largest absolute Gasteiger partial charge is 0.436 e. The van der Waals surface area contributed by atoms with Crippen molar-refractivity contribution in [2.75, 3.05) is 0 Å². The highest BCUT2D eigenvalue weighted by Gasteiger charge is 2.12. The fraction of sp³-hybridized carbons (Fsp3) is 0.0385. The predicted octanol–water partition coefficient (Wildman–Crippen LogP) is 7.84. The summed E-state index contributed by atoms with van der Waals surface area (Å²) in [5.41, 5.74) is 6.38. The minimum Gasteiger partial charge on any atom is -0.436 e. The molecule has 0 saturated carbocycles. The van der Waals surface area contributed by atoms with Crippen LogP contribution in [0, 0.1) is 6.92 Å². The Morgan fingerprint density at radius 1 is 0.759 bits per heavy atom. The van der Waals surface area contributed by atoms with Gasteiger partial charge in [0.1, 0.15) is 5.52 Å². The topological polar surface area (TPSA) is 26.0 Å². The van der Waals surface area contributed by atoms with Crippen LogP contribution < -0.4 is 0 Å². The number of hydrogen-bond acceptors (Lipinski definition) is 3. The van der Waals surface area contributed by atoms with E-state index in [0.717, 1.165) is 16.7 Å². The molecule has 6 aromatic rings. The second-order valence-corrected chi connectivity index (χ2v) is 8.40. The smallest absolute Gasteiger partial charge is 0.227 e. The van der Waals surface area contributed by atoms with Crippen LogP contribution in [0.3, 0.4) is 0 Å². The fourth-order valence-electron chi connectivity index (χ4n) is 3.93. The van der Waals surface area contributed by atoms with E-state index in [2.05, 4.69) is 84.7 Å². The van der Waals surface area contributed by atoms with Gasteiger partial charge >= 0.3 is 0 Å². The zero-order valence-corrected chi connectivity index (χ0v) is 16.7. The summed E-state index contributed by atoms with van der Waals surface area (Å²) < 4.78 is 8.62. The maximum Gasteiger partial charge on any atom is 0.227 e. The normalized spacial score (nSPS) is 11.6. The summed E-state index contributed by atoms with van der Waals surface area (Å²) in [4.78, 5) is 4.66. The van der Waals surface area contributed by atoms with E-state index in [0.29, 0.717) is 5.89 Å². The highest BCUT2D eigenvalue weighted by Crippen LogP contribution is 2.40. The lowest BCUT2D eigenvalue weighted by Gasteiger charge is -2.04. The first-order valence-electron chi connectivity index (χ1n) is 9.64. The van der Waals surface area contributed by atoms with Gasteiger partial charge in [0, 0.05) is 25.7 Å². The Bertz CT molecular complexity index is 1510. The first-order valence-corrected chi connectivity index (χ1v) is 10.5. The van der Waals surface area contributed by atoms with Gasteiger partial charge in [-0.25, -0.2) is 4.98 Å². The number of aromatic nitrogens is 1. The van der Waals surface area contributed by atoms with Gasteiger partial charge in [-0.3, -0.25) is 0 Å². The number of hydrogen-bond donors (Lipinski definition) is 0. The van der Waals surface area contributed by atoms with Crippen molar-refractivity contribution in [2.24, 2.45) is 0 Å². The van der Waals surface area contributed by atoms with E-state index in [1.165, 1.54) is 36.9 Å². The van der Waals surface area contributed by atoms with Crippen LogP contribution in [-0.4, -0.2) is 4.98 Å². The average molecular weight is 391 g/mol. The van der Waals surface area contributed by atoms with Gasteiger partial charge in [-0.1, -0.05) is 54.6 Å². The molecule has 0 aliphatic heterocycles. The maximum absolute atomic E-state index is 5.96. The van der Waals surface area contributed by atoms with Crippen molar-refractivity contribution in [2.45, 2.75) is 6.92 Å². The molecule has 2 heterocycles. The summed E-state index contributed by atoms with van der Waals surface area (Å²) in [7, 11) is 0. The first-order chi connectivity index (χ1) is 14.3. The fourth-order valence-corrected chi connectivity index (χ4v) is 5.17. The van der Waals surface area contributed by atoms with Crippen molar-refractivity contribution in [3.05, 3.63) is 90.5 Å². The average Bonchev–Trinajstić information content (AvgIpc) is 3.35. The van der Waals surface area contributed by atoms with Gasteiger partial charge in [0.15, 0.2) is 5.58 Å². The maximum atomic E-state index is 5.96. The summed E-state index contributed by atoms with van der Waals surface area (Å²) in [6, 6.07) is 29.8. The zero-order valence-electron chi connectivity index (χ0n) is 15.8. The van der Waals surface area contributed by atoms with Gasteiger partial charge in [0.25, 0.3) is 0 Å². The molecule has 0 atom stereocenters. The van der Waals surface area contributed by atoms with Gasteiger partial charge < -0.3 is 4.42 Å². The van der Waals surface area contributed by atoms with Gasteiger partial charge in [0.05, 0.1) is 0 Å². The van der Waals surface area contributed by atoms with Crippen molar-refractivity contribution in [1.82, 2.24) is 4.98 Å². The second-order valence-electron chi connectivity index (χ2n) is 7.35. The molecule has 2 aromatic heterocycles. The molecule has 0 spiro atoms. The number of aryl methyl sites for hydroxylation is 1. The summed E-state index contributed by atoms with van der Waals surface area (Å²) in [5, 5.41) is 2.65. The number of benzene rings is 4. The Morgan fingerprint density at radius 3 is 2.45 bits per heavy atom. The summed E-state index contributed by atoms with van der Waals surface area (Å²) in [5.74, 6) is 0.664. The lowest BCUT2D eigenvalue weighted by Crippen LogP contribution is -1.81. The molecule has 0 radical (unpaired) electrons. The third kappa shape index (κ3) is 2.66. The highest BCUT2D eigenvalue weighted by molar-refractivity contribution is 7.26. The van der Waals surface area contributed by atoms with Crippen molar-refractivity contribution < 1.29 is 4.42 Å². The summed E-state index contributed by atoms with van der Waals surface area (Å²) in [6.45, 7) is 2.07. The standard InChI is InChI=1S/C26H17NOS/c1-16-9-14-23-22(15-16)27-26(28-23)18-12-10-17(11-13-18)19-6-4-7-21-20-5-2-3-8-24(20)29-25(19)21/h2-15H,1H3. The van der Waals surface area contributed by atoms with Gasteiger partial charge in [-0.2, -0.15) is 0 Å². The van der Waals surface area contributed by atoms with Gasteiger partial charge in [-0.05, 0) is 53.9 Å². The number of rotatable bonds is 2. The monoisotopic (exact) mass is 391 g/mol. The molecule has 0 bridgehead atoms. The van der Waals surface area contributed by atoms with Gasteiger partial charge in [0.2, 0.25) is 5.89 Å². The SMILES string of the molecule is Cc1ccc2oc(-c3ccc(-c4cccc5c4sc4ccccc45)cc3)nc2c1. The van der Waals surface area contributed by atoms with Crippen LogP contribution in [0.5, 0.6) is 0 Å². The van der Waals surface area contributed by atoms with E-state index in [9.17, 15) is 0 Å². The Kier molecular flexibility index (Phi) is 3.58. The highest BCUT2D eigenvalue weighted by atomic mass is 32.1. The van der Waals surface area contributed by atoms with Crippen LogP contribution >= 0.6 is 11.3 Å². The Hall–Kier alpha value is -3.43. The summed E-state index contributed by atoms with van der Waals surface area (Å²) in [6.07, 6.45) is 0. The molecule has 3 heteroatoms. The lowest BCUT2D eigenvalue weighted by molar-refractivity contribution is 0.620. The molecule has 2 nitrogen and oxygen atoms in total. The van der Waals surface area contributed by atoms with Crippen LogP contribution in [0.25, 0.3) is 53.9 Å². The minimum absolute atomic E-state index is 0.664. The van der Waals surface area contributed by atoms with Crippen molar-refractivity contribution in [3.63, 3.8) is 0 Å². The zero-order chi connectivity index (χ0) is 19.4. The summed E-state index contributed by atoms with van der Waals surface area (Å²) >= 11 is 1.86. The first kappa shape index (κ1) is 16.5. The van der Waals surface area contributed by atoms with E-state index < -0.39 is 0 Å². The molecule has 0 saturated heterocycles. The van der Waals surface area contributed by atoms with Crippen molar-refractivity contribution in [1.29, 1.82) is 0 Å². The Labute approximate surface area is 172 Å². The molecule has 29 heavy (non-hydrogen) atoms. The molecule has 0 aliphatic carbocycles. The lowest BCUT2D eigenvalue weighted by atomic mass is 10.0. The van der Waals surface area contributed by atoms with E-state index in [-0.39, 0.29) is 0 Å². The second kappa shape index (κ2) is 6.29. The predicted molar refractivity (Wildman–Crippen MR) is 123 cm³/mol. The molecule has 0 amide bonds. The number of nitrogens with zero attached hydrogens (tertiary/aromatic N) is 1. The molecular weight excluding hydrogens is 374 g/mol. The van der Waals surface area contributed by atoms with Crippen molar-refractivity contribution >= 4 is 42.6 Å². The van der Waals surface area contributed by atoms with E-state index >= 15 is 0 Å². The third-order valence-electron chi connectivity index (χ3n) is 5.39. The molecule has 0 unspecified atom stereocenters. The van der Waals surface area contributed by atoms with Crippen LogP contribution in [0.15, 0.2) is 89.3 Å². The van der Waals surface area contributed by atoms with Crippen molar-refractivity contribution in [3.8, 4) is 22.6 Å². The quantitative estimate of drug-likeness (QED) is 0.300. The van der Waals surface area contributed by atoms with E-state index in [1.807, 2.05) is 23.5 Å². The van der Waals surface area contributed by atoms with E-state index in [1.54, 1.807) is 0 Å². The van der Waals surface area contributed by atoms with Crippen LogP contribution in [-0.2, 0) is 0 Å². The van der Waals surface area contributed by atoms with Crippen LogP contribution in [0.2, 0.25) is 0 Å². The molecule has 4 aromatic carbocycles. The number of fused-ring (bicyclic) bond motifs is 4. The Morgan fingerprint density at radius 2 is 1.55 bits per heavy atom. The minimum atomic E-state index is 0.664. The molecule has 0 N–H and O–H groups in total. The molecule has 138 valence electrons. The number of thiophene rings is 1. The number of oxazole rings is 1. The molecule has 0 aliphatic rings. The van der Waals surface area contributed by atoms with E-state index in [4.69, 9.17) is 4.42 Å². The molecular formula is C26H17NOS.